The monoisotopic (exact) mass is 438 g/mol. The zero-order valence-electron chi connectivity index (χ0n) is 16.5. The smallest absolute Gasteiger partial charge is 0.417 e. The fourth-order valence-electron chi connectivity index (χ4n) is 3.49. The number of aliphatic hydroxyl groups excluding tert-OH is 1. The Bertz CT molecular complexity index is 1350. The zero-order chi connectivity index (χ0) is 22.1. The Morgan fingerprint density at radius 2 is 2.03 bits per heavy atom. The third kappa shape index (κ3) is 3.90. The lowest BCUT2D eigenvalue weighted by Crippen LogP contribution is -2.19. The van der Waals surface area contributed by atoms with Crippen LogP contribution in [-0.4, -0.2) is 37.4 Å². The van der Waals surface area contributed by atoms with Gasteiger partial charge in [-0.15, -0.1) is 0 Å². The van der Waals surface area contributed by atoms with Gasteiger partial charge in [0.15, 0.2) is 5.82 Å². The highest BCUT2D eigenvalue weighted by Crippen LogP contribution is 2.29. The fourth-order valence-corrected chi connectivity index (χ4v) is 3.69. The SMILES string of the molecule is Cc1cccc2c1nc(-c1c(NCC(O)c3cccc(Cl)c3)cc[nH]c1=O)n2C(=O)O. The van der Waals surface area contributed by atoms with Gasteiger partial charge >= 0.3 is 6.09 Å². The molecule has 31 heavy (non-hydrogen) atoms. The summed E-state index contributed by atoms with van der Waals surface area (Å²) >= 11 is 5.99. The first-order chi connectivity index (χ1) is 14.9. The zero-order valence-corrected chi connectivity index (χ0v) is 17.2. The van der Waals surface area contributed by atoms with Crippen LogP contribution >= 0.6 is 11.6 Å². The number of nitrogens with one attached hydrogen (secondary N) is 2. The van der Waals surface area contributed by atoms with E-state index in [1.54, 1.807) is 42.5 Å². The molecule has 4 N–H and O–H groups in total. The van der Waals surface area contributed by atoms with E-state index in [1.165, 1.54) is 6.20 Å². The minimum absolute atomic E-state index is 0.00149. The van der Waals surface area contributed by atoms with E-state index in [2.05, 4.69) is 15.3 Å². The molecule has 0 aliphatic heterocycles. The number of halogens is 1. The second kappa shape index (κ2) is 8.25. The Balaban J connectivity index is 1.77. The van der Waals surface area contributed by atoms with Crippen molar-refractivity contribution >= 4 is 34.4 Å². The van der Waals surface area contributed by atoms with Crippen LogP contribution in [0, 0.1) is 6.92 Å². The maximum atomic E-state index is 12.7. The molecule has 9 heteroatoms. The number of hydrogen-bond donors (Lipinski definition) is 4. The maximum Gasteiger partial charge on any atom is 0.417 e. The van der Waals surface area contributed by atoms with Crippen LogP contribution in [0.25, 0.3) is 22.4 Å². The summed E-state index contributed by atoms with van der Waals surface area (Å²) in [5.41, 5.74) is 2.19. The molecule has 1 atom stereocenters. The predicted molar refractivity (Wildman–Crippen MR) is 119 cm³/mol. The molecule has 0 aliphatic carbocycles. The molecular weight excluding hydrogens is 420 g/mol. The van der Waals surface area contributed by atoms with Gasteiger partial charge in [0.1, 0.15) is 5.56 Å². The second-order valence-electron chi connectivity index (χ2n) is 7.04. The van der Waals surface area contributed by atoms with Gasteiger partial charge in [-0.25, -0.2) is 14.3 Å². The third-order valence-corrected chi connectivity index (χ3v) is 5.22. The number of fused-ring (bicyclic) bond motifs is 1. The van der Waals surface area contributed by atoms with E-state index in [1.807, 2.05) is 13.0 Å². The molecule has 0 bridgehead atoms. The first kappa shape index (κ1) is 20.6. The molecule has 0 aliphatic rings. The van der Waals surface area contributed by atoms with Crippen molar-refractivity contribution in [2.75, 3.05) is 11.9 Å². The van der Waals surface area contributed by atoms with Crippen LogP contribution in [0.15, 0.2) is 59.5 Å². The van der Waals surface area contributed by atoms with Crippen molar-refractivity contribution in [3.05, 3.63) is 81.2 Å². The van der Waals surface area contributed by atoms with E-state index in [0.717, 1.165) is 10.1 Å². The number of aliphatic hydroxyl groups is 1. The Kier molecular flexibility index (Phi) is 5.50. The summed E-state index contributed by atoms with van der Waals surface area (Å²) in [5, 5.41) is 23.9. The molecule has 2 aromatic heterocycles. The number of pyridine rings is 1. The molecule has 4 aromatic rings. The summed E-state index contributed by atoms with van der Waals surface area (Å²) in [5.74, 6) is -0.00149. The first-order valence-electron chi connectivity index (χ1n) is 9.47. The number of aromatic nitrogens is 3. The van der Waals surface area contributed by atoms with Gasteiger partial charge in [0, 0.05) is 17.8 Å². The van der Waals surface area contributed by atoms with E-state index >= 15 is 0 Å². The molecule has 4 rings (SSSR count). The number of para-hydroxylation sites is 1. The van der Waals surface area contributed by atoms with Crippen LogP contribution in [0.4, 0.5) is 10.5 Å². The van der Waals surface area contributed by atoms with Crippen molar-refractivity contribution in [3.8, 4) is 11.4 Å². The number of carboxylic acid groups (broad SMARTS) is 1. The molecule has 0 saturated carbocycles. The van der Waals surface area contributed by atoms with Gasteiger partial charge in [-0.05, 0) is 42.3 Å². The van der Waals surface area contributed by atoms with Crippen LogP contribution in [0.3, 0.4) is 0 Å². The van der Waals surface area contributed by atoms with E-state index in [-0.39, 0.29) is 17.9 Å². The number of aryl methyl sites for hydroxylation is 1. The lowest BCUT2D eigenvalue weighted by Gasteiger charge is -2.15. The van der Waals surface area contributed by atoms with Crippen molar-refractivity contribution in [2.24, 2.45) is 0 Å². The summed E-state index contributed by atoms with van der Waals surface area (Å²) in [7, 11) is 0. The van der Waals surface area contributed by atoms with Gasteiger partial charge in [-0.3, -0.25) is 4.79 Å². The van der Waals surface area contributed by atoms with Crippen LogP contribution in [-0.2, 0) is 0 Å². The minimum Gasteiger partial charge on any atom is -0.464 e. The summed E-state index contributed by atoms with van der Waals surface area (Å²) in [6.45, 7) is 1.89. The summed E-state index contributed by atoms with van der Waals surface area (Å²) < 4.78 is 0.992. The second-order valence-corrected chi connectivity index (χ2v) is 7.48. The lowest BCUT2D eigenvalue weighted by molar-refractivity contribution is 0.191. The highest BCUT2D eigenvalue weighted by atomic mass is 35.5. The third-order valence-electron chi connectivity index (χ3n) is 4.98. The molecule has 1 unspecified atom stereocenters. The molecule has 0 amide bonds. The number of anilines is 1. The average Bonchev–Trinajstić information content (AvgIpc) is 3.12. The number of nitrogens with zero attached hydrogens (tertiary/aromatic N) is 2. The van der Waals surface area contributed by atoms with E-state index < -0.39 is 17.8 Å². The van der Waals surface area contributed by atoms with Crippen molar-refractivity contribution < 1.29 is 15.0 Å². The molecule has 158 valence electrons. The molecule has 2 aromatic carbocycles. The molecule has 2 heterocycles. The Morgan fingerprint density at radius 3 is 2.77 bits per heavy atom. The van der Waals surface area contributed by atoms with Gasteiger partial charge in [0.05, 0.1) is 22.8 Å². The molecule has 0 spiro atoms. The maximum absolute atomic E-state index is 12.7. The van der Waals surface area contributed by atoms with E-state index in [4.69, 9.17) is 11.6 Å². The molecule has 0 radical (unpaired) electrons. The topological polar surface area (TPSA) is 120 Å². The van der Waals surface area contributed by atoms with Crippen molar-refractivity contribution in [2.45, 2.75) is 13.0 Å². The van der Waals surface area contributed by atoms with Crippen molar-refractivity contribution in [3.63, 3.8) is 0 Å². The highest BCUT2D eigenvalue weighted by molar-refractivity contribution is 6.30. The number of imidazole rings is 1. The lowest BCUT2D eigenvalue weighted by atomic mass is 10.1. The Labute approximate surface area is 181 Å². The summed E-state index contributed by atoms with van der Waals surface area (Å²) in [4.78, 5) is 31.8. The predicted octanol–water partition coefficient (Wildman–Crippen LogP) is 4.03. The largest absolute Gasteiger partial charge is 0.464 e. The van der Waals surface area contributed by atoms with Gasteiger partial charge in [0.25, 0.3) is 5.56 Å². The molecular formula is C22H19ClN4O4. The minimum atomic E-state index is -1.25. The van der Waals surface area contributed by atoms with Crippen LogP contribution in [0.5, 0.6) is 0 Å². The Morgan fingerprint density at radius 1 is 1.26 bits per heavy atom. The van der Waals surface area contributed by atoms with Crippen LogP contribution in [0.1, 0.15) is 17.2 Å². The van der Waals surface area contributed by atoms with Crippen LogP contribution in [0.2, 0.25) is 5.02 Å². The standard InChI is InChI=1S/C22H19ClN4O4/c1-12-4-2-7-16-19(12)26-20(27(16)22(30)31)18-15(8-9-24-21(18)29)25-11-17(28)13-5-3-6-14(23)10-13/h2-10,17,28H,11H2,1H3,(H,30,31)(H2,24,25,29). The summed E-state index contributed by atoms with van der Waals surface area (Å²) in [6, 6.07) is 13.6. The first-order valence-corrected chi connectivity index (χ1v) is 9.85. The molecule has 0 fully saturated rings. The van der Waals surface area contributed by atoms with Gasteiger partial charge in [-0.1, -0.05) is 35.9 Å². The quantitative estimate of drug-likeness (QED) is 0.373. The Hall–Kier alpha value is -3.62. The number of rotatable bonds is 5. The fraction of sp³-hybridized carbons (Fsp3) is 0.136. The van der Waals surface area contributed by atoms with Gasteiger partial charge in [0.2, 0.25) is 0 Å². The normalized spacial score (nSPS) is 12.1. The number of hydrogen-bond acceptors (Lipinski definition) is 5. The highest BCUT2D eigenvalue weighted by Gasteiger charge is 2.23. The average molecular weight is 439 g/mol. The van der Waals surface area contributed by atoms with E-state index in [0.29, 0.717) is 27.3 Å². The van der Waals surface area contributed by atoms with Crippen molar-refractivity contribution in [1.29, 1.82) is 0 Å². The number of carbonyl (C=O) groups is 1. The number of benzene rings is 2. The van der Waals surface area contributed by atoms with Crippen molar-refractivity contribution in [1.82, 2.24) is 14.5 Å². The molecule has 0 saturated heterocycles. The number of H-pyrrole nitrogens is 1. The summed E-state index contributed by atoms with van der Waals surface area (Å²) in [6.07, 6.45) is -0.707. The van der Waals surface area contributed by atoms with Gasteiger partial charge < -0.3 is 20.5 Å². The van der Waals surface area contributed by atoms with Crippen LogP contribution < -0.4 is 10.9 Å². The van der Waals surface area contributed by atoms with E-state index in [9.17, 15) is 19.8 Å². The number of aromatic amines is 1. The molecule has 8 nitrogen and oxygen atoms in total. The van der Waals surface area contributed by atoms with Gasteiger partial charge in [-0.2, -0.15) is 0 Å².